The molecule has 3 aromatic heterocycles. The van der Waals surface area contributed by atoms with Crippen LogP contribution in [0.2, 0.25) is 0 Å². The maximum absolute atomic E-state index is 5.58. The van der Waals surface area contributed by atoms with Crippen molar-refractivity contribution in [2.45, 2.75) is 6.54 Å². The summed E-state index contributed by atoms with van der Waals surface area (Å²) < 4.78 is 3.35. The summed E-state index contributed by atoms with van der Waals surface area (Å²) in [6.07, 6.45) is 6.65. The Labute approximate surface area is 102 Å². The zero-order chi connectivity index (χ0) is 12.4. The molecule has 0 aromatic carbocycles. The quantitative estimate of drug-likeness (QED) is 0.631. The first-order valence-electron chi connectivity index (χ1n) is 5.37. The predicted octanol–water partition coefficient (Wildman–Crippen LogP) is -0.590. The molecule has 92 valence electrons. The average molecular weight is 245 g/mol. The summed E-state index contributed by atoms with van der Waals surface area (Å²) in [5, 5.41) is 18.5. The standard InChI is InChI=1S/C9H11N9/c10-7-3-13-17(6-7)2-1-12-8-4-11-5-9-14-15-16-18(8)9/h3-6,12H,1-2,10H2. The van der Waals surface area contributed by atoms with Gasteiger partial charge in [0.2, 0.25) is 0 Å². The number of tetrazole rings is 1. The highest BCUT2D eigenvalue weighted by molar-refractivity contribution is 5.43. The van der Waals surface area contributed by atoms with Crippen LogP contribution in [0.15, 0.2) is 24.8 Å². The number of rotatable bonds is 4. The SMILES string of the molecule is Nc1cnn(CCNc2cncc3nnnn23)c1. The molecular weight excluding hydrogens is 234 g/mol. The van der Waals surface area contributed by atoms with Crippen LogP contribution in [-0.2, 0) is 6.54 Å². The minimum absolute atomic E-state index is 0.600. The lowest BCUT2D eigenvalue weighted by atomic mass is 10.5. The minimum Gasteiger partial charge on any atom is -0.396 e. The fourth-order valence-electron chi connectivity index (χ4n) is 1.60. The molecule has 0 atom stereocenters. The first-order chi connectivity index (χ1) is 8.83. The third-order valence-corrected chi connectivity index (χ3v) is 2.41. The van der Waals surface area contributed by atoms with Crippen molar-refractivity contribution >= 4 is 17.2 Å². The van der Waals surface area contributed by atoms with Crippen LogP contribution in [-0.4, -0.2) is 41.4 Å². The smallest absolute Gasteiger partial charge is 0.199 e. The van der Waals surface area contributed by atoms with Gasteiger partial charge in [0, 0.05) is 12.7 Å². The summed E-state index contributed by atoms with van der Waals surface area (Å²) in [6, 6.07) is 0. The predicted molar refractivity (Wildman–Crippen MR) is 63.7 cm³/mol. The molecule has 0 bridgehead atoms. The number of hydrogen-bond acceptors (Lipinski definition) is 7. The van der Waals surface area contributed by atoms with Gasteiger partial charge in [0.05, 0.1) is 30.8 Å². The van der Waals surface area contributed by atoms with E-state index in [4.69, 9.17) is 5.73 Å². The third kappa shape index (κ3) is 1.93. The normalized spacial score (nSPS) is 10.9. The van der Waals surface area contributed by atoms with E-state index >= 15 is 0 Å². The van der Waals surface area contributed by atoms with Crippen LogP contribution in [0.4, 0.5) is 11.5 Å². The second-order valence-corrected chi connectivity index (χ2v) is 3.70. The first-order valence-corrected chi connectivity index (χ1v) is 5.37. The number of hydrogen-bond donors (Lipinski definition) is 2. The number of fused-ring (bicyclic) bond motifs is 1. The Morgan fingerprint density at radius 1 is 1.28 bits per heavy atom. The number of anilines is 2. The maximum atomic E-state index is 5.58. The monoisotopic (exact) mass is 245 g/mol. The van der Waals surface area contributed by atoms with E-state index in [2.05, 4.69) is 30.9 Å². The Morgan fingerprint density at radius 2 is 2.22 bits per heavy atom. The molecule has 0 saturated carbocycles. The van der Waals surface area contributed by atoms with Gasteiger partial charge in [-0.3, -0.25) is 9.67 Å². The highest BCUT2D eigenvalue weighted by Gasteiger charge is 2.03. The molecule has 0 saturated heterocycles. The van der Waals surface area contributed by atoms with Gasteiger partial charge in [-0.25, -0.2) is 0 Å². The van der Waals surface area contributed by atoms with Gasteiger partial charge in [-0.2, -0.15) is 9.61 Å². The van der Waals surface area contributed by atoms with E-state index in [0.717, 1.165) is 5.82 Å². The van der Waals surface area contributed by atoms with Crippen LogP contribution in [0.25, 0.3) is 5.65 Å². The van der Waals surface area contributed by atoms with Gasteiger partial charge in [-0.1, -0.05) is 0 Å². The van der Waals surface area contributed by atoms with E-state index in [0.29, 0.717) is 24.4 Å². The molecule has 0 unspecified atom stereocenters. The summed E-state index contributed by atoms with van der Waals surface area (Å²) in [6.45, 7) is 1.36. The lowest BCUT2D eigenvalue weighted by Gasteiger charge is -2.06. The van der Waals surface area contributed by atoms with E-state index < -0.39 is 0 Å². The van der Waals surface area contributed by atoms with E-state index in [1.807, 2.05) is 0 Å². The molecule has 9 nitrogen and oxygen atoms in total. The van der Waals surface area contributed by atoms with Gasteiger partial charge in [-0.15, -0.1) is 5.10 Å². The summed E-state index contributed by atoms with van der Waals surface area (Å²) >= 11 is 0. The lowest BCUT2D eigenvalue weighted by molar-refractivity contribution is 0.635. The number of nitrogens with zero attached hydrogens (tertiary/aromatic N) is 7. The topological polar surface area (TPSA) is 112 Å². The molecule has 0 aliphatic carbocycles. The summed E-state index contributed by atoms with van der Waals surface area (Å²) in [5.74, 6) is 0.734. The summed E-state index contributed by atoms with van der Waals surface area (Å²) in [4.78, 5) is 4.05. The Kier molecular flexibility index (Phi) is 2.48. The Morgan fingerprint density at radius 3 is 3.06 bits per heavy atom. The molecule has 0 radical (unpaired) electrons. The van der Waals surface area contributed by atoms with Crippen molar-refractivity contribution in [1.29, 1.82) is 0 Å². The summed E-state index contributed by atoms with van der Waals surface area (Å²) in [7, 11) is 0. The molecule has 0 aliphatic heterocycles. The molecule has 18 heavy (non-hydrogen) atoms. The van der Waals surface area contributed by atoms with Crippen molar-refractivity contribution in [1.82, 2.24) is 34.8 Å². The van der Waals surface area contributed by atoms with E-state index in [1.54, 1.807) is 34.0 Å². The number of nitrogens with one attached hydrogen (secondary N) is 1. The number of nitrogen functional groups attached to an aromatic ring is 1. The number of nitrogens with two attached hydrogens (primary N) is 1. The van der Waals surface area contributed by atoms with Crippen molar-refractivity contribution in [3.05, 3.63) is 24.8 Å². The molecule has 3 aromatic rings. The van der Waals surface area contributed by atoms with Crippen LogP contribution < -0.4 is 11.1 Å². The van der Waals surface area contributed by atoms with Crippen molar-refractivity contribution in [2.24, 2.45) is 0 Å². The number of aromatic nitrogens is 7. The van der Waals surface area contributed by atoms with E-state index in [-0.39, 0.29) is 0 Å². The van der Waals surface area contributed by atoms with Gasteiger partial charge in [0.25, 0.3) is 0 Å². The van der Waals surface area contributed by atoms with Crippen LogP contribution in [0.5, 0.6) is 0 Å². The molecule has 3 N–H and O–H groups in total. The first kappa shape index (κ1) is 10.4. The van der Waals surface area contributed by atoms with Crippen LogP contribution in [0.3, 0.4) is 0 Å². The van der Waals surface area contributed by atoms with Gasteiger partial charge < -0.3 is 11.1 Å². The maximum Gasteiger partial charge on any atom is 0.199 e. The molecule has 0 aliphatic rings. The fraction of sp³-hybridized carbons (Fsp3) is 0.222. The van der Waals surface area contributed by atoms with Crippen molar-refractivity contribution in [3.63, 3.8) is 0 Å². The molecule has 3 heterocycles. The van der Waals surface area contributed by atoms with E-state index in [9.17, 15) is 0 Å². The zero-order valence-electron chi connectivity index (χ0n) is 9.43. The van der Waals surface area contributed by atoms with Gasteiger partial charge >= 0.3 is 0 Å². The minimum atomic E-state index is 0.600. The second-order valence-electron chi connectivity index (χ2n) is 3.70. The Bertz CT molecular complexity index is 655. The molecular formula is C9H11N9. The van der Waals surface area contributed by atoms with Crippen LogP contribution in [0, 0.1) is 0 Å². The van der Waals surface area contributed by atoms with Crippen molar-refractivity contribution in [3.8, 4) is 0 Å². The average Bonchev–Trinajstić information content (AvgIpc) is 2.98. The molecule has 0 amide bonds. The largest absolute Gasteiger partial charge is 0.396 e. The van der Waals surface area contributed by atoms with Crippen molar-refractivity contribution in [2.75, 3.05) is 17.6 Å². The van der Waals surface area contributed by atoms with Crippen molar-refractivity contribution < 1.29 is 0 Å². The van der Waals surface area contributed by atoms with Gasteiger partial charge in [0.15, 0.2) is 5.65 Å². The molecule has 0 fully saturated rings. The molecule has 9 heteroatoms. The van der Waals surface area contributed by atoms with Gasteiger partial charge in [0.1, 0.15) is 5.82 Å². The summed E-state index contributed by atoms with van der Waals surface area (Å²) in [5.41, 5.74) is 6.83. The third-order valence-electron chi connectivity index (χ3n) is 2.41. The highest BCUT2D eigenvalue weighted by atomic mass is 15.5. The van der Waals surface area contributed by atoms with Crippen LogP contribution >= 0.6 is 0 Å². The Hall–Kier alpha value is -2.71. The van der Waals surface area contributed by atoms with E-state index in [1.165, 1.54) is 0 Å². The zero-order valence-corrected chi connectivity index (χ0v) is 9.43. The highest BCUT2D eigenvalue weighted by Crippen LogP contribution is 2.05. The lowest BCUT2D eigenvalue weighted by Crippen LogP contribution is -2.13. The molecule has 0 spiro atoms. The Balaban J connectivity index is 1.68. The molecule has 3 rings (SSSR count). The second kappa shape index (κ2) is 4.28. The van der Waals surface area contributed by atoms with Gasteiger partial charge in [-0.05, 0) is 10.4 Å². The van der Waals surface area contributed by atoms with Crippen LogP contribution in [0.1, 0.15) is 0 Å². The fourth-order valence-corrected chi connectivity index (χ4v) is 1.60.